The van der Waals surface area contributed by atoms with Gasteiger partial charge in [0, 0.05) is 24.2 Å². The smallest absolute Gasteiger partial charge is 0.171 e. The minimum Gasteiger partial charge on any atom is -0.362 e. The molecule has 2 N–H and O–H groups in total. The van der Waals surface area contributed by atoms with Gasteiger partial charge < -0.3 is 10.6 Å². The summed E-state index contributed by atoms with van der Waals surface area (Å²) in [4.78, 5) is 4.19. The van der Waals surface area contributed by atoms with Crippen molar-refractivity contribution < 1.29 is 4.39 Å². The van der Waals surface area contributed by atoms with Crippen molar-refractivity contribution in [3.63, 3.8) is 0 Å². The Balaban J connectivity index is 1.64. The third kappa shape index (κ3) is 5.61. The molecule has 1 heterocycles. The molecule has 0 fully saturated rings. The van der Waals surface area contributed by atoms with Crippen LogP contribution < -0.4 is 10.6 Å². The Hall–Kier alpha value is -1.66. The zero-order valence-electron chi connectivity index (χ0n) is 12.3. The second-order valence-electron chi connectivity index (χ2n) is 4.74. The topological polar surface area (TPSA) is 37.0 Å². The molecule has 22 heavy (non-hydrogen) atoms. The van der Waals surface area contributed by atoms with Crippen molar-refractivity contribution in [1.82, 2.24) is 10.3 Å². The van der Waals surface area contributed by atoms with Gasteiger partial charge in [-0.25, -0.2) is 9.37 Å². The highest BCUT2D eigenvalue weighted by atomic mass is 32.2. The third-order valence-electron chi connectivity index (χ3n) is 2.90. The molecule has 0 aliphatic heterocycles. The van der Waals surface area contributed by atoms with Crippen molar-refractivity contribution in [1.29, 1.82) is 0 Å². The molecule has 1 aromatic heterocycles. The Morgan fingerprint density at radius 3 is 2.91 bits per heavy atom. The summed E-state index contributed by atoms with van der Waals surface area (Å²) in [6.45, 7) is 2.72. The highest BCUT2D eigenvalue weighted by Crippen LogP contribution is 2.14. The van der Waals surface area contributed by atoms with E-state index in [1.165, 1.54) is 6.07 Å². The number of hydrogen-bond acceptors (Lipinski definition) is 3. The second-order valence-corrected chi connectivity index (χ2v) is 6.26. The minimum absolute atomic E-state index is 0.148. The molecule has 1 aromatic carbocycles. The van der Waals surface area contributed by atoms with Gasteiger partial charge in [-0.1, -0.05) is 18.2 Å². The van der Waals surface area contributed by atoms with E-state index in [0.717, 1.165) is 29.2 Å². The number of rotatable bonds is 6. The fourth-order valence-corrected chi connectivity index (χ4v) is 2.85. The van der Waals surface area contributed by atoms with Crippen LogP contribution in [0.4, 0.5) is 10.2 Å². The number of nitrogens with one attached hydrogen (secondary N) is 2. The van der Waals surface area contributed by atoms with Crippen LogP contribution in [0.25, 0.3) is 0 Å². The predicted molar refractivity (Wildman–Crippen MR) is 95.8 cm³/mol. The molecule has 0 saturated heterocycles. The SMILES string of the molecule is Cc1ccnc(NC(=S)NCCSCc2ccccc2F)c1. The number of pyridine rings is 1. The van der Waals surface area contributed by atoms with Gasteiger partial charge in [0.15, 0.2) is 5.11 Å². The van der Waals surface area contributed by atoms with Gasteiger partial charge in [-0.3, -0.25) is 0 Å². The number of benzene rings is 1. The maximum Gasteiger partial charge on any atom is 0.171 e. The molecule has 0 radical (unpaired) electrons. The molecule has 0 bridgehead atoms. The fourth-order valence-electron chi connectivity index (χ4n) is 1.80. The largest absolute Gasteiger partial charge is 0.362 e. The Bertz CT molecular complexity index is 634. The van der Waals surface area contributed by atoms with Crippen molar-refractivity contribution in [2.45, 2.75) is 12.7 Å². The number of nitrogens with zero attached hydrogens (tertiary/aromatic N) is 1. The van der Waals surface area contributed by atoms with Gasteiger partial charge in [0.25, 0.3) is 0 Å². The van der Waals surface area contributed by atoms with Crippen LogP contribution in [0.15, 0.2) is 42.6 Å². The molecule has 0 atom stereocenters. The van der Waals surface area contributed by atoms with E-state index in [0.29, 0.717) is 10.9 Å². The van der Waals surface area contributed by atoms with E-state index in [1.54, 1.807) is 24.0 Å². The van der Waals surface area contributed by atoms with Crippen molar-refractivity contribution >= 4 is 34.9 Å². The molecule has 2 aromatic rings. The summed E-state index contributed by atoms with van der Waals surface area (Å²) in [6, 6.07) is 10.7. The van der Waals surface area contributed by atoms with Gasteiger partial charge in [0.2, 0.25) is 0 Å². The highest BCUT2D eigenvalue weighted by molar-refractivity contribution is 7.98. The van der Waals surface area contributed by atoms with Crippen LogP contribution in [0, 0.1) is 12.7 Å². The van der Waals surface area contributed by atoms with Crippen molar-refractivity contribution in [2.24, 2.45) is 0 Å². The molecule has 0 aliphatic rings. The summed E-state index contributed by atoms with van der Waals surface area (Å²) in [5.41, 5.74) is 1.86. The zero-order valence-corrected chi connectivity index (χ0v) is 13.9. The summed E-state index contributed by atoms with van der Waals surface area (Å²) in [7, 11) is 0. The third-order valence-corrected chi connectivity index (χ3v) is 4.16. The molecule has 3 nitrogen and oxygen atoms in total. The molecule has 0 spiro atoms. The summed E-state index contributed by atoms with van der Waals surface area (Å²) >= 11 is 6.88. The van der Waals surface area contributed by atoms with Gasteiger partial charge >= 0.3 is 0 Å². The highest BCUT2D eigenvalue weighted by Gasteiger charge is 2.01. The molecule has 2 rings (SSSR count). The number of thioether (sulfide) groups is 1. The van der Waals surface area contributed by atoms with E-state index in [2.05, 4.69) is 15.6 Å². The lowest BCUT2D eigenvalue weighted by Crippen LogP contribution is -2.30. The summed E-state index contributed by atoms with van der Waals surface area (Å²) < 4.78 is 13.4. The van der Waals surface area contributed by atoms with Crippen molar-refractivity contribution in [3.8, 4) is 0 Å². The molecule has 6 heteroatoms. The van der Waals surface area contributed by atoms with Crippen LogP contribution in [-0.4, -0.2) is 22.4 Å². The summed E-state index contributed by atoms with van der Waals surface area (Å²) in [5.74, 6) is 2.09. The Labute approximate surface area is 139 Å². The maximum absolute atomic E-state index is 13.4. The van der Waals surface area contributed by atoms with Gasteiger partial charge in [-0.15, -0.1) is 0 Å². The lowest BCUT2D eigenvalue weighted by Gasteiger charge is -2.10. The maximum atomic E-state index is 13.4. The lowest BCUT2D eigenvalue weighted by atomic mass is 10.2. The average molecular weight is 335 g/mol. The van der Waals surface area contributed by atoms with Gasteiger partial charge in [0.05, 0.1) is 0 Å². The van der Waals surface area contributed by atoms with E-state index in [9.17, 15) is 4.39 Å². The standard InChI is InChI=1S/C16H18FN3S2/c1-12-6-7-18-15(10-12)20-16(21)19-8-9-22-11-13-4-2-3-5-14(13)17/h2-7,10H,8-9,11H2,1H3,(H2,18,19,20,21). The van der Waals surface area contributed by atoms with Gasteiger partial charge in [-0.05, 0) is 48.5 Å². The summed E-state index contributed by atoms with van der Waals surface area (Å²) in [5, 5.41) is 6.70. The molecular weight excluding hydrogens is 317 g/mol. The average Bonchev–Trinajstić information content (AvgIpc) is 2.48. The number of aromatic nitrogens is 1. The normalized spacial score (nSPS) is 10.3. The quantitative estimate of drug-likeness (QED) is 0.621. The first kappa shape index (κ1) is 16.7. The van der Waals surface area contributed by atoms with E-state index < -0.39 is 0 Å². The first-order valence-electron chi connectivity index (χ1n) is 6.94. The Morgan fingerprint density at radius 2 is 2.14 bits per heavy atom. The molecule has 0 aliphatic carbocycles. The number of halogens is 1. The van der Waals surface area contributed by atoms with E-state index in [1.807, 2.05) is 31.2 Å². The number of hydrogen-bond donors (Lipinski definition) is 2. The van der Waals surface area contributed by atoms with E-state index >= 15 is 0 Å². The van der Waals surface area contributed by atoms with E-state index in [4.69, 9.17) is 12.2 Å². The van der Waals surface area contributed by atoms with Crippen LogP contribution in [0.1, 0.15) is 11.1 Å². The first-order valence-corrected chi connectivity index (χ1v) is 8.50. The van der Waals surface area contributed by atoms with Crippen molar-refractivity contribution in [3.05, 3.63) is 59.5 Å². The van der Waals surface area contributed by atoms with Crippen molar-refractivity contribution in [2.75, 3.05) is 17.6 Å². The minimum atomic E-state index is -0.148. The zero-order chi connectivity index (χ0) is 15.8. The van der Waals surface area contributed by atoms with Crippen LogP contribution in [0.3, 0.4) is 0 Å². The number of aryl methyl sites for hydroxylation is 1. The molecule has 116 valence electrons. The number of anilines is 1. The van der Waals surface area contributed by atoms with Crippen LogP contribution in [-0.2, 0) is 5.75 Å². The monoisotopic (exact) mass is 335 g/mol. The first-order chi connectivity index (χ1) is 10.6. The Kier molecular flexibility index (Phi) is 6.61. The predicted octanol–water partition coefficient (Wildman–Crippen LogP) is 3.75. The second kappa shape index (κ2) is 8.70. The fraction of sp³-hybridized carbons (Fsp3) is 0.250. The summed E-state index contributed by atoms with van der Waals surface area (Å²) in [6.07, 6.45) is 1.74. The van der Waals surface area contributed by atoms with Crippen LogP contribution in [0.5, 0.6) is 0 Å². The Morgan fingerprint density at radius 1 is 1.32 bits per heavy atom. The van der Waals surface area contributed by atoms with Gasteiger partial charge in [0.1, 0.15) is 11.6 Å². The van der Waals surface area contributed by atoms with E-state index in [-0.39, 0.29) is 5.82 Å². The number of thiocarbonyl (C=S) groups is 1. The molecule has 0 unspecified atom stereocenters. The lowest BCUT2D eigenvalue weighted by molar-refractivity contribution is 0.617. The van der Waals surface area contributed by atoms with Gasteiger partial charge in [-0.2, -0.15) is 11.8 Å². The molecule has 0 saturated carbocycles. The molecular formula is C16H18FN3S2. The molecule has 0 amide bonds. The van der Waals surface area contributed by atoms with Crippen LogP contribution >= 0.6 is 24.0 Å². The van der Waals surface area contributed by atoms with Crippen LogP contribution in [0.2, 0.25) is 0 Å².